The lowest BCUT2D eigenvalue weighted by Crippen LogP contribution is -2.47. The van der Waals surface area contributed by atoms with Crippen molar-refractivity contribution >= 4 is 28.8 Å². The third kappa shape index (κ3) is 2.97. The Hall–Kier alpha value is -2.15. The van der Waals surface area contributed by atoms with Crippen LogP contribution in [0.15, 0.2) is 29.1 Å². The van der Waals surface area contributed by atoms with Gasteiger partial charge in [0.1, 0.15) is 0 Å². The fourth-order valence-corrected chi connectivity index (χ4v) is 4.59. The minimum Gasteiger partial charge on any atom is -0.342 e. The van der Waals surface area contributed by atoms with Crippen molar-refractivity contribution in [3.8, 4) is 0 Å². The van der Waals surface area contributed by atoms with E-state index < -0.39 is 0 Å². The van der Waals surface area contributed by atoms with Crippen molar-refractivity contribution in [2.45, 2.75) is 25.7 Å². The molecule has 2 aliphatic rings. The molecule has 2 aliphatic heterocycles. The first-order valence-electron chi connectivity index (χ1n) is 8.68. The monoisotopic (exact) mass is 358 g/mol. The van der Waals surface area contributed by atoms with E-state index >= 15 is 0 Å². The number of piperidine rings is 1. The molecule has 7 heteroatoms. The van der Waals surface area contributed by atoms with E-state index in [0.29, 0.717) is 19.5 Å². The Balaban J connectivity index is 1.38. The summed E-state index contributed by atoms with van der Waals surface area (Å²) in [5.74, 6) is 0.344. The van der Waals surface area contributed by atoms with E-state index in [0.717, 1.165) is 37.2 Å². The molecule has 1 spiro atoms. The SMILES string of the molecule is Cn1ccc(CC(=O)N2CCC3(CC2)CCN(c2ccsc2)C3=O)n1. The number of amides is 2. The molecule has 0 aromatic carbocycles. The molecule has 0 N–H and O–H groups in total. The highest BCUT2D eigenvalue weighted by molar-refractivity contribution is 7.08. The van der Waals surface area contributed by atoms with Gasteiger partial charge in [0, 0.05) is 38.3 Å². The summed E-state index contributed by atoms with van der Waals surface area (Å²) in [5.41, 5.74) is 1.54. The zero-order valence-corrected chi connectivity index (χ0v) is 15.2. The molecule has 6 nitrogen and oxygen atoms in total. The second-order valence-electron chi connectivity index (χ2n) is 7.01. The normalized spacial score (nSPS) is 19.8. The zero-order valence-electron chi connectivity index (χ0n) is 14.4. The topological polar surface area (TPSA) is 58.4 Å². The molecule has 25 heavy (non-hydrogen) atoms. The summed E-state index contributed by atoms with van der Waals surface area (Å²) in [4.78, 5) is 29.3. The van der Waals surface area contributed by atoms with Crippen LogP contribution in [0, 0.1) is 5.41 Å². The highest BCUT2D eigenvalue weighted by Gasteiger charge is 2.49. The number of likely N-dealkylation sites (tertiary alicyclic amines) is 1. The van der Waals surface area contributed by atoms with E-state index in [4.69, 9.17) is 0 Å². The highest BCUT2D eigenvalue weighted by atomic mass is 32.1. The number of hydrogen-bond acceptors (Lipinski definition) is 4. The minimum absolute atomic E-state index is 0.105. The number of nitrogens with zero attached hydrogens (tertiary/aromatic N) is 4. The van der Waals surface area contributed by atoms with Crippen LogP contribution in [-0.2, 0) is 23.1 Å². The largest absolute Gasteiger partial charge is 0.342 e. The van der Waals surface area contributed by atoms with Gasteiger partial charge in [-0.25, -0.2) is 0 Å². The van der Waals surface area contributed by atoms with E-state index in [1.807, 2.05) is 45.9 Å². The van der Waals surface area contributed by atoms with Gasteiger partial charge in [0.2, 0.25) is 11.8 Å². The first-order valence-corrected chi connectivity index (χ1v) is 9.62. The standard InChI is InChI=1S/C18H22N4O2S/c1-20-7-2-14(19-20)12-16(23)21-8-4-18(5-9-21)6-10-22(17(18)24)15-3-11-25-13-15/h2-3,7,11,13H,4-6,8-10,12H2,1H3. The number of carbonyl (C=O) groups excluding carboxylic acids is 2. The van der Waals surface area contributed by atoms with Gasteiger partial charge in [-0.3, -0.25) is 14.3 Å². The van der Waals surface area contributed by atoms with Crippen LogP contribution in [0.5, 0.6) is 0 Å². The summed E-state index contributed by atoms with van der Waals surface area (Å²) in [6.07, 6.45) is 4.61. The molecule has 0 unspecified atom stereocenters. The Labute approximate surface area is 151 Å². The van der Waals surface area contributed by atoms with Crippen LogP contribution in [0.25, 0.3) is 0 Å². The molecule has 132 valence electrons. The molecule has 4 heterocycles. The maximum absolute atomic E-state index is 13.0. The zero-order chi connectivity index (χ0) is 17.4. The van der Waals surface area contributed by atoms with Crippen molar-refractivity contribution in [2.75, 3.05) is 24.5 Å². The van der Waals surface area contributed by atoms with Crippen LogP contribution >= 0.6 is 11.3 Å². The van der Waals surface area contributed by atoms with E-state index in [1.165, 1.54) is 0 Å². The van der Waals surface area contributed by atoms with Gasteiger partial charge in [0.25, 0.3) is 0 Å². The van der Waals surface area contributed by atoms with Gasteiger partial charge in [-0.2, -0.15) is 16.4 Å². The summed E-state index contributed by atoms with van der Waals surface area (Å²) in [5, 5.41) is 8.31. The van der Waals surface area contributed by atoms with Crippen molar-refractivity contribution in [1.29, 1.82) is 0 Å². The van der Waals surface area contributed by atoms with E-state index in [9.17, 15) is 9.59 Å². The summed E-state index contributed by atoms with van der Waals surface area (Å²) >= 11 is 1.62. The lowest BCUT2D eigenvalue weighted by atomic mass is 9.77. The van der Waals surface area contributed by atoms with Crippen LogP contribution in [-0.4, -0.2) is 46.1 Å². The van der Waals surface area contributed by atoms with Gasteiger partial charge < -0.3 is 9.80 Å². The van der Waals surface area contributed by atoms with Gasteiger partial charge in [-0.15, -0.1) is 0 Å². The minimum atomic E-state index is -0.274. The maximum Gasteiger partial charge on any atom is 0.233 e. The van der Waals surface area contributed by atoms with Crippen LogP contribution in [0.2, 0.25) is 0 Å². The molecule has 0 atom stereocenters. The van der Waals surface area contributed by atoms with Crippen molar-refractivity contribution < 1.29 is 9.59 Å². The average Bonchev–Trinajstić information content (AvgIpc) is 3.32. The molecule has 2 aromatic rings. The summed E-state index contributed by atoms with van der Waals surface area (Å²) in [6.45, 7) is 2.11. The van der Waals surface area contributed by atoms with Crippen LogP contribution in [0.1, 0.15) is 25.0 Å². The molecule has 2 aromatic heterocycles. The molecule has 0 bridgehead atoms. The fourth-order valence-electron chi connectivity index (χ4n) is 3.95. The van der Waals surface area contributed by atoms with Crippen molar-refractivity contribution in [2.24, 2.45) is 12.5 Å². The second kappa shape index (κ2) is 6.29. The van der Waals surface area contributed by atoms with E-state index in [1.54, 1.807) is 16.0 Å². The lowest BCUT2D eigenvalue weighted by molar-refractivity contribution is -0.137. The molecule has 2 fully saturated rings. The van der Waals surface area contributed by atoms with E-state index in [-0.39, 0.29) is 17.2 Å². The first-order chi connectivity index (χ1) is 12.1. The number of anilines is 1. The fraction of sp³-hybridized carbons (Fsp3) is 0.500. The molecular formula is C18H22N4O2S. The van der Waals surface area contributed by atoms with Crippen molar-refractivity contribution in [1.82, 2.24) is 14.7 Å². The Morgan fingerprint density at radius 2 is 2.00 bits per heavy atom. The average molecular weight is 358 g/mol. The van der Waals surface area contributed by atoms with Crippen molar-refractivity contribution in [3.05, 3.63) is 34.8 Å². The van der Waals surface area contributed by atoms with E-state index in [2.05, 4.69) is 5.10 Å². The highest BCUT2D eigenvalue weighted by Crippen LogP contribution is 2.43. The smallest absolute Gasteiger partial charge is 0.233 e. The van der Waals surface area contributed by atoms with Gasteiger partial charge in [-0.1, -0.05) is 0 Å². The predicted molar refractivity (Wildman–Crippen MR) is 96.4 cm³/mol. The first kappa shape index (κ1) is 16.3. The lowest BCUT2D eigenvalue weighted by Gasteiger charge is -2.37. The molecule has 0 aliphatic carbocycles. The Morgan fingerprint density at radius 1 is 1.24 bits per heavy atom. The molecule has 2 saturated heterocycles. The van der Waals surface area contributed by atoms with Gasteiger partial charge in [-0.05, 0) is 36.8 Å². The quantitative estimate of drug-likeness (QED) is 0.844. The Morgan fingerprint density at radius 3 is 2.64 bits per heavy atom. The summed E-state index contributed by atoms with van der Waals surface area (Å²) in [7, 11) is 1.85. The predicted octanol–water partition coefficient (Wildman–Crippen LogP) is 2.07. The second-order valence-corrected chi connectivity index (χ2v) is 7.79. The number of aryl methyl sites for hydroxylation is 1. The number of rotatable bonds is 3. The molecule has 4 rings (SSSR count). The Bertz CT molecular complexity index is 775. The van der Waals surface area contributed by atoms with Gasteiger partial charge in [0.15, 0.2) is 0 Å². The van der Waals surface area contributed by atoms with Crippen LogP contribution in [0.4, 0.5) is 5.69 Å². The molecule has 0 radical (unpaired) electrons. The third-order valence-electron chi connectivity index (χ3n) is 5.51. The Kier molecular flexibility index (Phi) is 4.11. The molecule has 0 saturated carbocycles. The third-order valence-corrected chi connectivity index (χ3v) is 6.18. The van der Waals surface area contributed by atoms with Gasteiger partial charge in [0.05, 0.1) is 23.2 Å². The summed E-state index contributed by atoms with van der Waals surface area (Å²) < 4.78 is 1.71. The molecule has 2 amide bonds. The number of hydrogen-bond donors (Lipinski definition) is 0. The van der Waals surface area contributed by atoms with Crippen LogP contribution in [0.3, 0.4) is 0 Å². The maximum atomic E-state index is 13.0. The molecular weight excluding hydrogens is 336 g/mol. The number of aromatic nitrogens is 2. The number of thiophene rings is 1. The van der Waals surface area contributed by atoms with Crippen molar-refractivity contribution in [3.63, 3.8) is 0 Å². The van der Waals surface area contributed by atoms with Gasteiger partial charge >= 0.3 is 0 Å². The van der Waals surface area contributed by atoms with Crippen LogP contribution < -0.4 is 4.90 Å². The number of carbonyl (C=O) groups is 2. The summed E-state index contributed by atoms with van der Waals surface area (Å²) in [6, 6.07) is 3.88.